The fourth-order valence-electron chi connectivity index (χ4n) is 3.42. The first-order valence-corrected chi connectivity index (χ1v) is 11.4. The van der Waals surface area contributed by atoms with E-state index in [0.29, 0.717) is 12.4 Å². The lowest BCUT2D eigenvalue weighted by Crippen LogP contribution is -2.11. The summed E-state index contributed by atoms with van der Waals surface area (Å²) in [4.78, 5) is 11.7. The van der Waals surface area contributed by atoms with Gasteiger partial charge in [-0.05, 0) is 68.3 Å². The Kier molecular flexibility index (Phi) is 6.64. The Labute approximate surface area is 191 Å². The number of pyridine rings is 1. The van der Waals surface area contributed by atoms with Crippen LogP contribution in [0.4, 0.5) is 0 Å². The second-order valence-corrected chi connectivity index (χ2v) is 9.01. The van der Waals surface area contributed by atoms with Crippen LogP contribution in [-0.2, 0) is 11.4 Å². The topological polar surface area (TPSA) is 38.9 Å². The van der Waals surface area contributed by atoms with Gasteiger partial charge in [0.2, 0.25) is 0 Å². The normalized spacial score (nSPS) is 11.8. The Balaban J connectivity index is 1.63. The van der Waals surface area contributed by atoms with Gasteiger partial charge < -0.3 is 4.84 Å². The molecule has 31 heavy (non-hydrogen) atoms. The third-order valence-corrected chi connectivity index (χ3v) is 6.18. The number of rotatable bonds is 7. The van der Waals surface area contributed by atoms with Gasteiger partial charge in [0.15, 0.2) is 0 Å². The lowest BCUT2D eigenvalue weighted by molar-refractivity contribution is 0.130. The highest BCUT2D eigenvalue weighted by molar-refractivity contribution is 8.00. The Hall–Kier alpha value is -2.76. The standard InChI is InChI=1S/C25H24ClN3OS/c1-17-5-4-6-20(13-17)15-30-28-23(16-31-22-9-7-21(26)8-10-22)25-19(3)27-24-14-18(2)11-12-29(24)25/h4-14H,15-16H2,1-3H3. The van der Waals surface area contributed by atoms with E-state index in [2.05, 4.69) is 47.7 Å². The summed E-state index contributed by atoms with van der Waals surface area (Å²) in [7, 11) is 0. The van der Waals surface area contributed by atoms with Crippen LogP contribution in [0.5, 0.6) is 0 Å². The minimum Gasteiger partial charge on any atom is -0.391 e. The summed E-state index contributed by atoms with van der Waals surface area (Å²) in [6.07, 6.45) is 2.04. The van der Waals surface area contributed by atoms with Gasteiger partial charge in [-0.25, -0.2) is 4.98 Å². The van der Waals surface area contributed by atoms with Crippen molar-refractivity contribution in [3.8, 4) is 0 Å². The highest BCUT2D eigenvalue weighted by Gasteiger charge is 2.16. The summed E-state index contributed by atoms with van der Waals surface area (Å²) in [5.74, 6) is 0.651. The summed E-state index contributed by atoms with van der Waals surface area (Å²) >= 11 is 7.72. The number of oxime groups is 1. The van der Waals surface area contributed by atoms with Crippen molar-refractivity contribution in [1.29, 1.82) is 0 Å². The predicted octanol–water partition coefficient (Wildman–Crippen LogP) is 6.63. The van der Waals surface area contributed by atoms with E-state index in [1.54, 1.807) is 11.8 Å². The first-order chi connectivity index (χ1) is 15.0. The number of aromatic nitrogens is 2. The zero-order valence-electron chi connectivity index (χ0n) is 17.8. The fraction of sp³-hybridized carbons (Fsp3) is 0.200. The number of imidazole rings is 1. The number of thioether (sulfide) groups is 1. The molecule has 0 amide bonds. The number of nitrogens with zero attached hydrogens (tertiary/aromatic N) is 3. The van der Waals surface area contributed by atoms with E-state index in [1.807, 2.05) is 49.5 Å². The van der Waals surface area contributed by atoms with Gasteiger partial charge in [-0.15, -0.1) is 11.8 Å². The van der Waals surface area contributed by atoms with E-state index < -0.39 is 0 Å². The van der Waals surface area contributed by atoms with E-state index in [1.165, 1.54) is 11.1 Å². The van der Waals surface area contributed by atoms with Crippen molar-refractivity contribution in [2.24, 2.45) is 5.16 Å². The van der Waals surface area contributed by atoms with E-state index in [0.717, 1.165) is 38.2 Å². The Bertz CT molecular complexity index is 1230. The molecule has 4 aromatic rings. The number of halogens is 1. The summed E-state index contributed by atoms with van der Waals surface area (Å²) in [6, 6.07) is 20.3. The number of aryl methyl sites for hydroxylation is 3. The van der Waals surface area contributed by atoms with Crippen LogP contribution in [0.15, 0.2) is 76.9 Å². The lowest BCUT2D eigenvalue weighted by Gasteiger charge is -2.09. The maximum absolute atomic E-state index is 6.03. The van der Waals surface area contributed by atoms with Gasteiger partial charge in [-0.2, -0.15) is 0 Å². The molecule has 0 aliphatic carbocycles. The average Bonchev–Trinajstić information content (AvgIpc) is 3.06. The minimum atomic E-state index is 0.422. The molecule has 0 N–H and O–H groups in total. The molecule has 0 radical (unpaired) electrons. The maximum atomic E-state index is 6.03. The van der Waals surface area contributed by atoms with Gasteiger partial charge in [-0.3, -0.25) is 4.40 Å². The highest BCUT2D eigenvalue weighted by Crippen LogP contribution is 2.24. The van der Waals surface area contributed by atoms with Crippen molar-refractivity contribution in [2.45, 2.75) is 32.3 Å². The van der Waals surface area contributed by atoms with Crippen LogP contribution >= 0.6 is 23.4 Å². The van der Waals surface area contributed by atoms with Crippen LogP contribution in [0.2, 0.25) is 5.02 Å². The Morgan fingerprint density at radius 3 is 2.58 bits per heavy atom. The molecule has 0 unspecified atom stereocenters. The van der Waals surface area contributed by atoms with Crippen molar-refractivity contribution in [2.75, 3.05) is 5.75 Å². The number of hydrogen-bond donors (Lipinski definition) is 0. The molecule has 0 atom stereocenters. The number of hydrogen-bond acceptors (Lipinski definition) is 4. The van der Waals surface area contributed by atoms with E-state index >= 15 is 0 Å². The van der Waals surface area contributed by atoms with Crippen LogP contribution in [0.3, 0.4) is 0 Å². The molecule has 0 aliphatic heterocycles. The molecule has 0 saturated heterocycles. The molecule has 0 aliphatic rings. The average molecular weight is 450 g/mol. The highest BCUT2D eigenvalue weighted by atomic mass is 35.5. The molecular weight excluding hydrogens is 426 g/mol. The van der Waals surface area contributed by atoms with Crippen molar-refractivity contribution in [3.63, 3.8) is 0 Å². The molecule has 0 saturated carbocycles. The van der Waals surface area contributed by atoms with Crippen molar-refractivity contribution >= 4 is 34.7 Å². The minimum absolute atomic E-state index is 0.422. The predicted molar refractivity (Wildman–Crippen MR) is 129 cm³/mol. The van der Waals surface area contributed by atoms with Gasteiger partial charge in [-0.1, -0.05) is 46.6 Å². The maximum Gasteiger partial charge on any atom is 0.142 e. The summed E-state index contributed by atoms with van der Waals surface area (Å²) in [5.41, 5.74) is 7.14. The smallest absolute Gasteiger partial charge is 0.142 e. The van der Waals surface area contributed by atoms with Gasteiger partial charge in [0, 0.05) is 21.9 Å². The molecule has 6 heteroatoms. The fourth-order valence-corrected chi connectivity index (χ4v) is 4.37. The van der Waals surface area contributed by atoms with Crippen LogP contribution in [0.25, 0.3) is 5.65 Å². The molecule has 2 heterocycles. The summed E-state index contributed by atoms with van der Waals surface area (Å²) < 4.78 is 2.08. The summed E-state index contributed by atoms with van der Waals surface area (Å²) in [5, 5.41) is 5.30. The molecule has 0 spiro atoms. The quantitative estimate of drug-likeness (QED) is 0.180. The van der Waals surface area contributed by atoms with Gasteiger partial charge >= 0.3 is 0 Å². The second-order valence-electron chi connectivity index (χ2n) is 7.52. The van der Waals surface area contributed by atoms with Gasteiger partial charge in [0.05, 0.1) is 11.4 Å². The van der Waals surface area contributed by atoms with Crippen LogP contribution in [-0.4, -0.2) is 20.8 Å². The first kappa shape index (κ1) is 21.5. The third-order valence-electron chi connectivity index (χ3n) is 4.91. The Morgan fingerprint density at radius 2 is 1.81 bits per heavy atom. The molecule has 0 fully saturated rings. The van der Waals surface area contributed by atoms with Gasteiger partial charge in [0.25, 0.3) is 0 Å². The van der Waals surface area contributed by atoms with Crippen molar-refractivity contribution in [1.82, 2.24) is 9.38 Å². The number of benzene rings is 2. The van der Waals surface area contributed by atoms with Gasteiger partial charge in [0.1, 0.15) is 18.0 Å². The molecule has 4 rings (SSSR count). The largest absolute Gasteiger partial charge is 0.391 e. The second kappa shape index (κ2) is 9.58. The SMILES string of the molecule is Cc1cccc(CON=C(CSc2ccc(Cl)cc2)c2c(C)nc3cc(C)ccn23)c1. The third kappa shape index (κ3) is 5.30. The van der Waals surface area contributed by atoms with Crippen LogP contribution in [0.1, 0.15) is 28.1 Å². The molecular formula is C25H24ClN3OS. The molecule has 4 nitrogen and oxygen atoms in total. The van der Waals surface area contributed by atoms with Crippen LogP contribution < -0.4 is 0 Å². The molecule has 2 aromatic heterocycles. The van der Waals surface area contributed by atoms with Crippen LogP contribution in [0, 0.1) is 20.8 Å². The van der Waals surface area contributed by atoms with Crippen molar-refractivity contribution < 1.29 is 4.84 Å². The zero-order valence-corrected chi connectivity index (χ0v) is 19.4. The molecule has 158 valence electrons. The molecule has 2 aromatic carbocycles. The lowest BCUT2D eigenvalue weighted by atomic mass is 10.1. The Morgan fingerprint density at radius 1 is 1.03 bits per heavy atom. The first-order valence-electron chi connectivity index (χ1n) is 10.1. The summed E-state index contributed by atoms with van der Waals surface area (Å²) in [6.45, 7) is 6.58. The number of fused-ring (bicyclic) bond motifs is 1. The monoisotopic (exact) mass is 449 g/mol. The zero-order chi connectivity index (χ0) is 21.8. The van der Waals surface area contributed by atoms with E-state index in [4.69, 9.17) is 21.4 Å². The molecule has 0 bridgehead atoms. The van der Waals surface area contributed by atoms with Crippen molar-refractivity contribution in [3.05, 3.63) is 100.0 Å². The van der Waals surface area contributed by atoms with E-state index in [9.17, 15) is 0 Å². The van der Waals surface area contributed by atoms with E-state index in [-0.39, 0.29) is 0 Å².